The smallest absolute Gasteiger partial charge is 0.366 e. The summed E-state index contributed by atoms with van der Waals surface area (Å²) in [6, 6.07) is 32.6. The molecule has 2 heterocycles. The zero-order valence-corrected chi connectivity index (χ0v) is 15.6. The van der Waals surface area contributed by atoms with Gasteiger partial charge in [-0.3, -0.25) is 0 Å². The lowest BCUT2D eigenvalue weighted by atomic mass is 9.78. The second-order valence-corrected chi connectivity index (χ2v) is 9.48. The van der Waals surface area contributed by atoms with Gasteiger partial charge < -0.3 is 4.65 Å². The molecule has 2 aliphatic rings. The van der Waals surface area contributed by atoms with Crippen molar-refractivity contribution in [3.05, 3.63) is 102 Å². The van der Waals surface area contributed by atoms with Gasteiger partial charge in [-0.2, -0.15) is 0 Å². The van der Waals surface area contributed by atoms with Crippen LogP contribution in [0.5, 0.6) is 0 Å². The third kappa shape index (κ3) is 2.45. The van der Waals surface area contributed by atoms with E-state index in [-0.39, 0.29) is 22.5 Å². The van der Waals surface area contributed by atoms with Crippen LogP contribution in [0.2, 0.25) is 0 Å². The highest BCUT2D eigenvalue weighted by molar-refractivity contribution is 8.24. The average Bonchev–Trinajstić information content (AvgIpc) is 3.32. The molecule has 26 heavy (non-hydrogen) atoms. The highest BCUT2D eigenvalue weighted by Crippen LogP contribution is 2.51. The molecule has 2 saturated heterocycles. The molecule has 0 saturated carbocycles. The quantitative estimate of drug-likeness (QED) is 0.506. The first kappa shape index (κ1) is 16.2. The molecular weight excluding hydrogens is 335 g/mol. The van der Waals surface area contributed by atoms with E-state index in [1.165, 1.54) is 35.2 Å². The summed E-state index contributed by atoms with van der Waals surface area (Å²) in [6.45, 7) is 0. The lowest BCUT2D eigenvalue weighted by Crippen LogP contribution is -2.39. The van der Waals surface area contributed by atoms with Gasteiger partial charge in [0.25, 0.3) is 0 Å². The standard InChI is InChI=1S/C23H22BOS/c1-4-11-19(12-5-1)23(20-13-6-2-7-14-20)22-17-10-18-26(22)24(25-23)21-15-8-3-9-16-21/h1-9,11-16,22H,10,17-18H2/q+1/t22-,26?/m0/s1. The van der Waals surface area contributed by atoms with Crippen LogP contribution in [0.1, 0.15) is 24.0 Å². The Morgan fingerprint density at radius 1 is 0.769 bits per heavy atom. The van der Waals surface area contributed by atoms with Crippen LogP contribution in [0, 0.1) is 0 Å². The second-order valence-electron chi connectivity index (χ2n) is 7.13. The van der Waals surface area contributed by atoms with Gasteiger partial charge >= 0.3 is 6.19 Å². The van der Waals surface area contributed by atoms with E-state index in [4.69, 9.17) is 4.65 Å². The normalized spacial score (nSPS) is 23.8. The number of rotatable bonds is 3. The van der Waals surface area contributed by atoms with Gasteiger partial charge in [0, 0.05) is 11.9 Å². The van der Waals surface area contributed by atoms with Gasteiger partial charge in [-0.05, 0) is 28.3 Å². The molecule has 2 atom stereocenters. The van der Waals surface area contributed by atoms with Crippen LogP contribution >= 0.6 is 0 Å². The minimum Gasteiger partial charge on any atom is -0.366 e. The van der Waals surface area contributed by atoms with Crippen LogP contribution in [-0.2, 0) is 21.0 Å². The van der Waals surface area contributed by atoms with Gasteiger partial charge in [0.15, 0.2) is 5.60 Å². The molecule has 0 N–H and O–H groups in total. The molecule has 2 aliphatic heterocycles. The van der Waals surface area contributed by atoms with Crippen molar-refractivity contribution in [2.24, 2.45) is 0 Å². The molecule has 0 spiro atoms. The zero-order chi connectivity index (χ0) is 17.4. The fraction of sp³-hybridized carbons (Fsp3) is 0.217. The number of hydrogen-bond acceptors (Lipinski definition) is 1. The highest BCUT2D eigenvalue weighted by Gasteiger charge is 2.68. The average molecular weight is 357 g/mol. The van der Waals surface area contributed by atoms with E-state index in [0.717, 1.165) is 0 Å². The van der Waals surface area contributed by atoms with Crippen molar-refractivity contribution in [2.75, 3.05) is 5.75 Å². The molecular formula is C23H22BOS+. The largest absolute Gasteiger partial charge is 0.612 e. The first-order valence-corrected chi connectivity index (χ1v) is 10.9. The van der Waals surface area contributed by atoms with E-state index in [2.05, 4.69) is 91.0 Å². The molecule has 3 aromatic carbocycles. The maximum atomic E-state index is 7.09. The minimum absolute atomic E-state index is 0.198. The molecule has 128 valence electrons. The van der Waals surface area contributed by atoms with E-state index in [0.29, 0.717) is 5.25 Å². The fourth-order valence-corrected chi connectivity index (χ4v) is 7.91. The summed E-state index contributed by atoms with van der Waals surface area (Å²) in [5, 5.41) is 0.553. The summed E-state index contributed by atoms with van der Waals surface area (Å²) in [5.41, 5.74) is 3.60. The molecule has 3 heteroatoms. The van der Waals surface area contributed by atoms with Gasteiger partial charge in [0.2, 0.25) is 0 Å². The first-order valence-electron chi connectivity index (χ1n) is 9.42. The van der Waals surface area contributed by atoms with E-state index in [1.54, 1.807) is 0 Å². The predicted molar refractivity (Wildman–Crippen MR) is 112 cm³/mol. The second kappa shape index (κ2) is 6.64. The van der Waals surface area contributed by atoms with Crippen LogP contribution in [0.4, 0.5) is 0 Å². The van der Waals surface area contributed by atoms with Crippen molar-refractivity contribution in [3.63, 3.8) is 0 Å². The van der Waals surface area contributed by atoms with Crippen molar-refractivity contribution >= 4 is 22.4 Å². The lowest BCUT2D eigenvalue weighted by molar-refractivity contribution is 0.122. The molecule has 0 radical (unpaired) electrons. The summed E-state index contributed by atoms with van der Waals surface area (Å²) < 4.78 is 7.09. The maximum Gasteiger partial charge on any atom is 0.612 e. The number of benzene rings is 3. The predicted octanol–water partition coefficient (Wildman–Crippen LogP) is 4.14. The Bertz CT molecular complexity index is 829. The maximum absolute atomic E-state index is 7.09. The molecule has 1 unspecified atom stereocenters. The lowest BCUT2D eigenvalue weighted by Gasteiger charge is -2.32. The van der Waals surface area contributed by atoms with Gasteiger partial charge in [-0.25, -0.2) is 0 Å². The Morgan fingerprint density at radius 2 is 1.31 bits per heavy atom. The Kier molecular flexibility index (Phi) is 4.15. The van der Waals surface area contributed by atoms with Crippen molar-refractivity contribution in [2.45, 2.75) is 23.7 Å². The van der Waals surface area contributed by atoms with E-state index < -0.39 is 0 Å². The summed E-state index contributed by atoms with van der Waals surface area (Å²) in [5.74, 6) is 1.28. The SMILES string of the molecule is c1ccc(B2OC(c3ccccc3)(c3ccccc3)[C@@H]3CCC[S+]23)cc1. The fourth-order valence-electron chi connectivity index (χ4n) is 4.61. The Morgan fingerprint density at radius 3 is 1.88 bits per heavy atom. The van der Waals surface area contributed by atoms with Crippen LogP contribution in [0.25, 0.3) is 0 Å². The van der Waals surface area contributed by atoms with Crippen molar-refractivity contribution < 1.29 is 4.65 Å². The molecule has 3 aromatic rings. The summed E-state index contributed by atoms with van der Waals surface area (Å²) in [4.78, 5) is 0. The third-order valence-electron chi connectivity index (χ3n) is 5.71. The number of hydrogen-bond donors (Lipinski definition) is 0. The molecule has 0 aliphatic carbocycles. The van der Waals surface area contributed by atoms with Crippen molar-refractivity contribution in [1.82, 2.24) is 0 Å². The van der Waals surface area contributed by atoms with Crippen molar-refractivity contribution in [1.29, 1.82) is 0 Å². The van der Waals surface area contributed by atoms with Gasteiger partial charge in [-0.15, -0.1) is 0 Å². The third-order valence-corrected chi connectivity index (χ3v) is 8.69. The molecule has 0 amide bonds. The molecule has 0 aromatic heterocycles. The topological polar surface area (TPSA) is 9.23 Å². The van der Waals surface area contributed by atoms with Gasteiger partial charge in [-0.1, -0.05) is 91.0 Å². The molecule has 0 bridgehead atoms. The van der Waals surface area contributed by atoms with E-state index in [1.807, 2.05) is 0 Å². The zero-order valence-electron chi connectivity index (χ0n) is 14.8. The Hall–Kier alpha value is -1.97. The Balaban J connectivity index is 1.70. The van der Waals surface area contributed by atoms with E-state index >= 15 is 0 Å². The van der Waals surface area contributed by atoms with Crippen LogP contribution in [0.3, 0.4) is 0 Å². The minimum atomic E-state index is -0.331. The van der Waals surface area contributed by atoms with Crippen LogP contribution < -0.4 is 5.46 Å². The molecule has 1 nitrogen and oxygen atoms in total. The van der Waals surface area contributed by atoms with Crippen molar-refractivity contribution in [3.8, 4) is 0 Å². The monoisotopic (exact) mass is 357 g/mol. The molecule has 2 fully saturated rings. The van der Waals surface area contributed by atoms with Gasteiger partial charge in [0.05, 0.1) is 5.75 Å². The Labute approximate surface area is 158 Å². The summed E-state index contributed by atoms with van der Waals surface area (Å²) >= 11 is 0. The highest BCUT2D eigenvalue weighted by atomic mass is 32.2. The molecule has 5 rings (SSSR count). The first-order chi connectivity index (χ1) is 12.9. The summed E-state index contributed by atoms with van der Waals surface area (Å²) in [7, 11) is 0.251. The van der Waals surface area contributed by atoms with Gasteiger partial charge in [0.1, 0.15) is 5.25 Å². The van der Waals surface area contributed by atoms with E-state index in [9.17, 15) is 0 Å². The number of fused-ring (bicyclic) bond motifs is 1. The summed E-state index contributed by atoms with van der Waals surface area (Å²) in [6.07, 6.45) is 2.75. The van der Waals surface area contributed by atoms with Crippen LogP contribution in [-0.4, -0.2) is 17.2 Å². The van der Waals surface area contributed by atoms with Crippen LogP contribution in [0.15, 0.2) is 91.0 Å².